The molecule has 1 heterocycles. The molecule has 0 radical (unpaired) electrons. The summed E-state index contributed by atoms with van der Waals surface area (Å²) >= 11 is 0. The van der Waals surface area contributed by atoms with Gasteiger partial charge in [0.25, 0.3) is 5.91 Å². The first-order chi connectivity index (χ1) is 10.6. The lowest BCUT2D eigenvalue weighted by Gasteiger charge is -2.08. The number of hydrogen-bond donors (Lipinski definition) is 1. The maximum Gasteiger partial charge on any atom is 0.263 e. The number of benzene rings is 1. The summed E-state index contributed by atoms with van der Waals surface area (Å²) in [5.41, 5.74) is 1.66. The summed E-state index contributed by atoms with van der Waals surface area (Å²) in [6.07, 6.45) is 2.10. The first-order valence-corrected chi connectivity index (χ1v) is 7.07. The number of carbonyl (C=O) groups excluding carboxylic acids is 2. The van der Waals surface area contributed by atoms with Crippen molar-refractivity contribution in [3.05, 3.63) is 53.7 Å². The van der Waals surface area contributed by atoms with Crippen LogP contribution in [0, 0.1) is 6.92 Å². The highest BCUT2D eigenvalue weighted by Gasteiger charge is 2.06. The summed E-state index contributed by atoms with van der Waals surface area (Å²) in [5.74, 6) is 0.833. The molecule has 0 aliphatic heterocycles. The van der Waals surface area contributed by atoms with Crippen molar-refractivity contribution in [3.8, 4) is 5.75 Å². The standard InChI is InChI=1S/C17H18N2O3/c1-3-15(20)13-4-6-14(7-5-13)22-11-17(21)19-16-10-12(2)8-9-18-16/h4-10H,3,11H2,1-2H3,(H,18,19,21). The van der Waals surface area contributed by atoms with Crippen LogP contribution in [-0.4, -0.2) is 23.3 Å². The Morgan fingerprint density at radius 2 is 1.91 bits per heavy atom. The molecule has 5 heteroatoms. The number of rotatable bonds is 6. The smallest absolute Gasteiger partial charge is 0.263 e. The Bertz CT molecular complexity index is 666. The molecule has 0 aliphatic carbocycles. The Morgan fingerprint density at radius 3 is 2.55 bits per heavy atom. The predicted octanol–water partition coefficient (Wildman–Crippen LogP) is 3.00. The monoisotopic (exact) mass is 298 g/mol. The molecule has 0 fully saturated rings. The molecular formula is C17H18N2O3. The summed E-state index contributed by atoms with van der Waals surface area (Å²) < 4.78 is 5.39. The van der Waals surface area contributed by atoms with Crippen molar-refractivity contribution < 1.29 is 14.3 Å². The first kappa shape index (κ1) is 15.7. The molecule has 2 aromatic rings. The highest BCUT2D eigenvalue weighted by atomic mass is 16.5. The van der Waals surface area contributed by atoms with Gasteiger partial charge in [0, 0.05) is 18.2 Å². The van der Waals surface area contributed by atoms with Crippen LogP contribution in [0.3, 0.4) is 0 Å². The van der Waals surface area contributed by atoms with Crippen LogP contribution in [0.15, 0.2) is 42.6 Å². The molecule has 0 saturated carbocycles. The van der Waals surface area contributed by atoms with E-state index < -0.39 is 0 Å². The van der Waals surface area contributed by atoms with Crippen LogP contribution in [-0.2, 0) is 4.79 Å². The Kier molecular flexibility index (Phi) is 5.25. The van der Waals surface area contributed by atoms with Gasteiger partial charge in [-0.3, -0.25) is 9.59 Å². The van der Waals surface area contributed by atoms with Gasteiger partial charge in [0.2, 0.25) is 0 Å². The van der Waals surface area contributed by atoms with Crippen molar-refractivity contribution in [2.45, 2.75) is 20.3 Å². The molecule has 0 atom stereocenters. The number of aromatic nitrogens is 1. The number of aryl methyl sites for hydroxylation is 1. The fourth-order valence-corrected chi connectivity index (χ4v) is 1.87. The number of nitrogens with one attached hydrogen (secondary N) is 1. The second-order valence-corrected chi connectivity index (χ2v) is 4.86. The van der Waals surface area contributed by atoms with E-state index >= 15 is 0 Å². The summed E-state index contributed by atoms with van der Waals surface area (Å²) in [6.45, 7) is 3.63. The number of amides is 1. The van der Waals surface area contributed by atoms with Gasteiger partial charge in [-0.1, -0.05) is 6.92 Å². The highest BCUT2D eigenvalue weighted by Crippen LogP contribution is 2.13. The molecule has 1 aromatic heterocycles. The third kappa shape index (κ3) is 4.41. The zero-order chi connectivity index (χ0) is 15.9. The average molecular weight is 298 g/mol. The van der Waals surface area contributed by atoms with Gasteiger partial charge < -0.3 is 10.1 Å². The molecule has 1 N–H and O–H groups in total. The summed E-state index contributed by atoms with van der Waals surface area (Å²) in [4.78, 5) is 27.3. The van der Waals surface area contributed by atoms with Crippen LogP contribution < -0.4 is 10.1 Å². The Hall–Kier alpha value is -2.69. The number of anilines is 1. The maximum absolute atomic E-state index is 11.8. The van der Waals surface area contributed by atoms with Gasteiger partial charge in [-0.15, -0.1) is 0 Å². The highest BCUT2D eigenvalue weighted by molar-refractivity contribution is 5.96. The van der Waals surface area contributed by atoms with Crippen LogP contribution in [0.5, 0.6) is 5.75 Å². The van der Waals surface area contributed by atoms with Crippen LogP contribution in [0.1, 0.15) is 29.3 Å². The number of Topliss-reactive ketones (excluding diaryl/α,β-unsaturated/α-hetero) is 1. The van der Waals surface area contributed by atoms with E-state index in [4.69, 9.17) is 4.74 Å². The van der Waals surface area contributed by atoms with Gasteiger partial charge in [0.1, 0.15) is 11.6 Å². The van der Waals surface area contributed by atoms with E-state index in [2.05, 4.69) is 10.3 Å². The molecule has 22 heavy (non-hydrogen) atoms. The second kappa shape index (κ2) is 7.36. The Balaban J connectivity index is 1.87. The van der Waals surface area contributed by atoms with Crippen molar-refractivity contribution >= 4 is 17.5 Å². The van der Waals surface area contributed by atoms with Crippen molar-refractivity contribution in [3.63, 3.8) is 0 Å². The lowest BCUT2D eigenvalue weighted by Crippen LogP contribution is -2.20. The molecule has 0 unspecified atom stereocenters. The lowest BCUT2D eigenvalue weighted by atomic mass is 10.1. The molecular weight excluding hydrogens is 280 g/mol. The van der Waals surface area contributed by atoms with Gasteiger partial charge >= 0.3 is 0 Å². The fraction of sp³-hybridized carbons (Fsp3) is 0.235. The molecule has 1 aromatic carbocycles. The average Bonchev–Trinajstić information content (AvgIpc) is 2.52. The van der Waals surface area contributed by atoms with Crippen molar-refractivity contribution in [1.29, 1.82) is 0 Å². The van der Waals surface area contributed by atoms with Gasteiger partial charge in [-0.2, -0.15) is 0 Å². The number of hydrogen-bond acceptors (Lipinski definition) is 4. The van der Waals surface area contributed by atoms with E-state index in [9.17, 15) is 9.59 Å². The minimum atomic E-state index is -0.285. The van der Waals surface area contributed by atoms with Crippen molar-refractivity contribution in [2.75, 3.05) is 11.9 Å². The van der Waals surface area contributed by atoms with E-state index in [0.29, 0.717) is 23.6 Å². The third-order valence-corrected chi connectivity index (χ3v) is 3.05. The number of ketones is 1. The van der Waals surface area contributed by atoms with E-state index in [1.165, 1.54) is 0 Å². The second-order valence-electron chi connectivity index (χ2n) is 4.86. The van der Waals surface area contributed by atoms with E-state index in [-0.39, 0.29) is 18.3 Å². The van der Waals surface area contributed by atoms with Crippen LogP contribution in [0.2, 0.25) is 0 Å². The largest absolute Gasteiger partial charge is 0.484 e. The lowest BCUT2D eigenvalue weighted by molar-refractivity contribution is -0.118. The van der Waals surface area contributed by atoms with Gasteiger partial charge in [-0.05, 0) is 48.9 Å². The topological polar surface area (TPSA) is 68.3 Å². The van der Waals surface area contributed by atoms with Crippen molar-refractivity contribution in [2.24, 2.45) is 0 Å². The Labute approximate surface area is 129 Å². The summed E-state index contributed by atoms with van der Waals surface area (Å²) in [6, 6.07) is 10.4. The SMILES string of the molecule is CCC(=O)c1ccc(OCC(=O)Nc2cc(C)ccn2)cc1. The van der Waals surface area contributed by atoms with Crippen LogP contribution in [0.25, 0.3) is 0 Å². The normalized spacial score (nSPS) is 10.1. The number of pyridine rings is 1. The Morgan fingerprint density at radius 1 is 1.18 bits per heavy atom. The predicted molar refractivity (Wildman–Crippen MR) is 84.2 cm³/mol. The van der Waals surface area contributed by atoms with Gasteiger partial charge in [-0.25, -0.2) is 4.98 Å². The number of carbonyl (C=O) groups is 2. The van der Waals surface area contributed by atoms with Crippen LogP contribution >= 0.6 is 0 Å². The van der Waals surface area contributed by atoms with E-state index in [1.807, 2.05) is 19.9 Å². The van der Waals surface area contributed by atoms with Gasteiger partial charge in [0.15, 0.2) is 12.4 Å². The van der Waals surface area contributed by atoms with Crippen LogP contribution in [0.4, 0.5) is 5.82 Å². The maximum atomic E-state index is 11.8. The van der Waals surface area contributed by atoms with E-state index in [0.717, 1.165) is 5.56 Å². The summed E-state index contributed by atoms with van der Waals surface area (Å²) in [7, 11) is 0. The van der Waals surface area contributed by atoms with Gasteiger partial charge in [0.05, 0.1) is 0 Å². The fourth-order valence-electron chi connectivity index (χ4n) is 1.87. The number of nitrogens with zero attached hydrogens (tertiary/aromatic N) is 1. The molecule has 2 rings (SSSR count). The molecule has 1 amide bonds. The molecule has 0 saturated heterocycles. The number of ether oxygens (including phenoxy) is 1. The minimum Gasteiger partial charge on any atom is -0.484 e. The van der Waals surface area contributed by atoms with E-state index in [1.54, 1.807) is 36.5 Å². The third-order valence-electron chi connectivity index (χ3n) is 3.05. The molecule has 0 aliphatic rings. The zero-order valence-corrected chi connectivity index (χ0v) is 12.6. The molecule has 5 nitrogen and oxygen atoms in total. The molecule has 0 bridgehead atoms. The quantitative estimate of drug-likeness (QED) is 0.832. The molecule has 0 spiro atoms. The summed E-state index contributed by atoms with van der Waals surface area (Å²) in [5, 5.41) is 2.66. The zero-order valence-electron chi connectivity index (χ0n) is 12.6. The first-order valence-electron chi connectivity index (χ1n) is 7.07. The minimum absolute atomic E-state index is 0.0785. The van der Waals surface area contributed by atoms with Crippen molar-refractivity contribution in [1.82, 2.24) is 4.98 Å². The molecule has 114 valence electrons.